The number of hydrogen-bond acceptors (Lipinski definition) is 4. The number of rotatable bonds is 4. The summed E-state index contributed by atoms with van der Waals surface area (Å²) in [4.78, 5) is 23.3. The van der Waals surface area contributed by atoms with Crippen LogP contribution >= 0.6 is 0 Å². The quantitative estimate of drug-likeness (QED) is 0.895. The minimum atomic E-state index is -0.0814. The second-order valence-electron chi connectivity index (χ2n) is 5.05. The van der Waals surface area contributed by atoms with Gasteiger partial charge in [-0.05, 0) is 39.3 Å². The number of H-pyrrole nitrogens is 1. The van der Waals surface area contributed by atoms with Crippen molar-refractivity contribution >= 4 is 0 Å². The average Bonchev–Trinajstić information content (AvgIpc) is 2.38. The number of nitrogens with one attached hydrogen (secondary N) is 2. The van der Waals surface area contributed by atoms with Gasteiger partial charge in [-0.25, -0.2) is 4.98 Å². The molecule has 2 N–H and O–H groups in total. The molecule has 0 fully saturated rings. The van der Waals surface area contributed by atoms with Crippen molar-refractivity contribution in [2.45, 2.75) is 39.8 Å². The van der Waals surface area contributed by atoms with E-state index in [0.29, 0.717) is 11.4 Å². The Morgan fingerprint density at radius 1 is 1.25 bits per heavy atom. The third-order valence-corrected chi connectivity index (χ3v) is 3.38. The minimum Gasteiger partial charge on any atom is -0.310 e. The third-order valence-electron chi connectivity index (χ3n) is 3.38. The first-order chi connectivity index (χ1) is 9.49. The van der Waals surface area contributed by atoms with E-state index in [0.717, 1.165) is 11.3 Å². The summed E-state index contributed by atoms with van der Waals surface area (Å²) in [6, 6.07) is 3.95. The van der Waals surface area contributed by atoms with Crippen molar-refractivity contribution in [2.75, 3.05) is 0 Å². The van der Waals surface area contributed by atoms with E-state index in [2.05, 4.69) is 27.2 Å². The molecule has 5 nitrogen and oxygen atoms in total. The lowest BCUT2D eigenvalue weighted by Crippen LogP contribution is -2.29. The smallest absolute Gasteiger partial charge is 0.255 e. The molecule has 1 unspecified atom stereocenters. The Bertz CT molecular complexity index is 636. The molecule has 0 saturated heterocycles. The Morgan fingerprint density at radius 2 is 2.00 bits per heavy atom. The van der Waals surface area contributed by atoms with E-state index in [9.17, 15) is 4.79 Å². The standard InChI is InChI=1S/C15H20N4O/c1-9(13-6-5-7-16-8-13)17-10(2)14-11(3)18-12(4)19-15(14)20/h5-10,17H,1-4H3,(H,18,19,20)/t9-,10?/m1/s1. The summed E-state index contributed by atoms with van der Waals surface area (Å²) in [5, 5.41) is 3.41. The fraction of sp³-hybridized carbons (Fsp3) is 0.400. The largest absolute Gasteiger partial charge is 0.310 e. The molecule has 2 heterocycles. The SMILES string of the molecule is Cc1nc(C)c(C(C)N[C@H](C)c2cccnc2)c(=O)[nH]1. The first kappa shape index (κ1) is 14.4. The number of aryl methyl sites for hydroxylation is 2. The highest BCUT2D eigenvalue weighted by atomic mass is 16.1. The van der Waals surface area contributed by atoms with Crippen LogP contribution in [0.3, 0.4) is 0 Å². The highest BCUT2D eigenvalue weighted by Crippen LogP contribution is 2.17. The Kier molecular flexibility index (Phi) is 4.29. The molecule has 0 aliphatic carbocycles. The second kappa shape index (κ2) is 5.96. The molecule has 0 aliphatic heterocycles. The van der Waals surface area contributed by atoms with Gasteiger partial charge in [0.05, 0.1) is 5.56 Å². The topological polar surface area (TPSA) is 70.7 Å². The maximum atomic E-state index is 12.1. The zero-order valence-corrected chi connectivity index (χ0v) is 12.3. The van der Waals surface area contributed by atoms with Crippen LogP contribution in [-0.2, 0) is 0 Å². The van der Waals surface area contributed by atoms with E-state index in [1.54, 1.807) is 13.1 Å². The van der Waals surface area contributed by atoms with E-state index in [1.165, 1.54) is 0 Å². The van der Waals surface area contributed by atoms with Gasteiger partial charge >= 0.3 is 0 Å². The predicted molar refractivity (Wildman–Crippen MR) is 78.5 cm³/mol. The van der Waals surface area contributed by atoms with Crippen molar-refractivity contribution in [3.63, 3.8) is 0 Å². The van der Waals surface area contributed by atoms with Crippen molar-refractivity contribution in [2.24, 2.45) is 0 Å². The molecule has 2 atom stereocenters. The summed E-state index contributed by atoms with van der Waals surface area (Å²) in [7, 11) is 0. The molecule has 2 rings (SSSR count). The predicted octanol–water partition coefficient (Wildman–Crippen LogP) is 2.19. The van der Waals surface area contributed by atoms with Gasteiger partial charge in [0.2, 0.25) is 0 Å². The first-order valence-corrected chi connectivity index (χ1v) is 6.72. The van der Waals surface area contributed by atoms with Crippen LogP contribution in [0.25, 0.3) is 0 Å². The van der Waals surface area contributed by atoms with Crippen LogP contribution in [0.1, 0.15) is 48.6 Å². The Morgan fingerprint density at radius 3 is 2.60 bits per heavy atom. The van der Waals surface area contributed by atoms with Gasteiger partial charge in [-0.1, -0.05) is 6.07 Å². The fourth-order valence-electron chi connectivity index (χ4n) is 2.43. The van der Waals surface area contributed by atoms with Gasteiger partial charge in [-0.2, -0.15) is 0 Å². The normalized spacial score (nSPS) is 14.0. The second-order valence-corrected chi connectivity index (χ2v) is 5.05. The highest BCUT2D eigenvalue weighted by molar-refractivity contribution is 5.21. The number of aromatic nitrogens is 3. The zero-order chi connectivity index (χ0) is 14.7. The molecular weight excluding hydrogens is 252 g/mol. The molecule has 5 heteroatoms. The molecule has 0 saturated carbocycles. The van der Waals surface area contributed by atoms with Crippen LogP contribution in [0.4, 0.5) is 0 Å². The van der Waals surface area contributed by atoms with Crippen molar-refractivity contribution in [3.05, 3.63) is 57.5 Å². The zero-order valence-electron chi connectivity index (χ0n) is 12.3. The van der Waals surface area contributed by atoms with E-state index in [-0.39, 0.29) is 17.6 Å². The fourth-order valence-corrected chi connectivity index (χ4v) is 2.43. The van der Waals surface area contributed by atoms with E-state index in [4.69, 9.17) is 0 Å². The van der Waals surface area contributed by atoms with E-state index >= 15 is 0 Å². The van der Waals surface area contributed by atoms with Crippen LogP contribution in [-0.4, -0.2) is 15.0 Å². The summed E-state index contributed by atoms with van der Waals surface area (Å²) >= 11 is 0. The van der Waals surface area contributed by atoms with Gasteiger partial charge in [0.15, 0.2) is 0 Å². The molecule has 106 valence electrons. The van der Waals surface area contributed by atoms with Gasteiger partial charge in [0.25, 0.3) is 5.56 Å². The van der Waals surface area contributed by atoms with Gasteiger partial charge < -0.3 is 10.3 Å². The summed E-state index contributed by atoms with van der Waals surface area (Å²) in [6.45, 7) is 7.68. The molecule has 0 bridgehead atoms. The summed E-state index contributed by atoms with van der Waals surface area (Å²) in [6.07, 6.45) is 3.58. The summed E-state index contributed by atoms with van der Waals surface area (Å²) in [5.74, 6) is 0.642. The first-order valence-electron chi connectivity index (χ1n) is 6.72. The maximum absolute atomic E-state index is 12.1. The van der Waals surface area contributed by atoms with Gasteiger partial charge in [-0.3, -0.25) is 9.78 Å². The molecule has 0 aliphatic rings. The maximum Gasteiger partial charge on any atom is 0.255 e. The third kappa shape index (κ3) is 3.11. The van der Waals surface area contributed by atoms with Crippen molar-refractivity contribution in [3.8, 4) is 0 Å². The Hall–Kier alpha value is -2.01. The van der Waals surface area contributed by atoms with Crippen LogP contribution in [0.5, 0.6) is 0 Å². The lowest BCUT2D eigenvalue weighted by Gasteiger charge is -2.21. The molecule has 2 aromatic heterocycles. The average molecular weight is 272 g/mol. The molecule has 0 radical (unpaired) electrons. The molecule has 20 heavy (non-hydrogen) atoms. The lowest BCUT2D eigenvalue weighted by atomic mass is 10.1. The molecule has 2 aromatic rings. The van der Waals surface area contributed by atoms with Crippen molar-refractivity contribution in [1.29, 1.82) is 0 Å². The monoisotopic (exact) mass is 272 g/mol. The van der Waals surface area contributed by atoms with Crippen LogP contribution in [0.2, 0.25) is 0 Å². The minimum absolute atomic E-state index is 0.0756. The van der Waals surface area contributed by atoms with Crippen molar-refractivity contribution < 1.29 is 0 Å². The van der Waals surface area contributed by atoms with Gasteiger partial charge in [0, 0.05) is 30.2 Å². The molecular formula is C15H20N4O. The lowest BCUT2D eigenvalue weighted by molar-refractivity contribution is 0.487. The van der Waals surface area contributed by atoms with Crippen molar-refractivity contribution in [1.82, 2.24) is 20.3 Å². The summed E-state index contributed by atoms with van der Waals surface area (Å²) in [5.41, 5.74) is 2.47. The number of nitrogens with zero attached hydrogens (tertiary/aromatic N) is 2. The van der Waals surface area contributed by atoms with E-state index in [1.807, 2.05) is 32.2 Å². The Balaban J connectivity index is 2.21. The number of aromatic amines is 1. The van der Waals surface area contributed by atoms with Crippen LogP contribution < -0.4 is 10.9 Å². The molecule has 0 amide bonds. The van der Waals surface area contributed by atoms with Crippen LogP contribution in [0, 0.1) is 13.8 Å². The highest BCUT2D eigenvalue weighted by Gasteiger charge is 2.17. The number of hydrogen-bond donors (Lipinski definition) is 2. The molecule has 0 aromatic carbocycles. The van der Waals surface area contributed by atoms with Crippen LogP contribution in [0.15, 0.2) is 29.3 Å². The number of pyridine rings is 1. The Labute approximate surface area is 118 Å². The molecule has 0 spiro atoms. The van der Waals surface area contributed by atoms with Gasteiger partial charge in [-0.15, -0.1) is 0 Å². The van der Waals surface area contributed by atoms with Gasteiger partial charge in [0.1, 0.15) is 5.82 Å². The van der Waals surface area contributed by atoms with E-state index < -0.39 is 0 Å². The summed E-state index contributed by atoms with van der Waals surface area (Å²) < 4.78 is 0.